The third-order valence-corrected chi connectivity index (χ3v) is 2.85. The van der Waals surface area contributed by atoms with Gasteiger partial charge in [-0.1, -0.05) is 6.07 Å². The number of rotatable bonds is 2. The molecule has 2 rings (SSSR count). The van der Waals surface area contributed by atoms with E-state index in [1.807, 2.05) is 17.5 Å². The molecule has 0 fully saturated rings. The summed E-state index contributed by atoms with van der Waals surface area (Å²) in [6, 6.07) is 5.58. The number of hydrogen-bond donors (Lipinski definition) is 1. The molecule has 0 amide bonds. The molecular weight excluding hydrogens is 212 g/mol. The van der Waals surface area contributed by atoms with E-state index in [1.54, 1.807) is 24.3 Å². The Balaban J connectivity index is 2.47. The fourth-order valence-electron chi connectivity index (χ4n) is 1.24. The first-order chi connectivity index (χ1) is 7.18. The van der Waals surface area contributed by atoms with Crippen molar-refractivity contribution in [1.29, 1.82) is 0 Å². The Morgan fingerprint density at radius 1 is 1.47 bits per heavy atom. The molecule has 0 radical (unpaired) electrons. The Morgan fingerprint density at radius 3 is 2.80 bits per heavy atom. The number of nitrogens with zero attached hydrogens (tertiary/aromatic N) is 2. The second-order valence-electron chi connectivity index (χ2n) is 3.04. The first-order valence-corrected chi connectivity index (χ1v) is 5.18. The van der Waals surface area contributed by atoms with Gasteiger partial charge in [-0.3, -0.25) is 0 Å². The van der Waals surface area contributed by atoms with Crippen molar-refractivity contribution in [1.82, 2.24) is 10.2 Å². The first kappa shape index (κ1) is 9.79. The standard InChI is InChI=1S/C10H8N2O2S/c1-6-5-7(8-3-2-4-15-8)11-12-9(6)10(13)14/h2-5H,1H3,(H,13,14). The summed E-state index contributed by atoms with van der Waals surface area (Å²) in [4.78, 5) is 11.7. The van der Waals surface area contributed by atoms with Gasteiger partial charge in [0.25, 0.3) is 0 Å². The van der Waals surface area contributed by atoms with Crippen LogP contribution < -0.4 is 0 Å². The molecule has 0 atom stereocenters. The molecule has 0 bridgehead atoms. The van der Waals surface area contributed by atoms with E-state index < -0.39 is 5.97 Å². The van der Waals surface area contributed by atoms with Crippen LogP contribution in [0.15, 0.2) is 23.6 Å². The molecule has 0 aromatic carbocycles. The van der Waals surface area contributed by atoms with Crippen LogP contribution in [0, 0.1) is 6.92 Å². The zero-order chi connectivity index (χ0) is 10.8. The maximum atomic E-state index is 10.7. The maximum absolute atomic E-state index is 10.7. The van der Waals surface area contributed by atoms with Crippen molar-refractivity contribution in [3.63, 3.8) is 0 Å². The van der Waals surface area contributed by atoms with Gasteiger partial charge in [-0.15, -0.1) is 21.5 Å². The average molecular weight is 220 g/mol. The zero-order valence-electron chi connectivity index (χ0n) is 7.97. The Morgan fingerprint density at radius 2 is 2.27 bits per heavy atom. The molecule has 0 aliphatic carbocycles. The van der Waals surface area contributed by atoms with Crippen molar-refractivity contribution in [3.8, 4) is 10.6 Å². The van der Waals surface area contributed by atoms with Crippen LogP contribution in [0.5, 0.6) is 0 Å². The summed E-state index contributed by atoms with van der Waals surface area (Å²) in [7, 11) is 0. The Hall–Kier alpha value is -1.75. The molecule has 0 aliphatic rings. The Labute approximate surface area is 90.2 Å². The van der Waals surface area contributed by atoms with Crippen LogP contribution in [-0.4, -0.2) is 21.3 Å². The third kappa shape index (κ3) is 1.87. The Bertz CT molecular complexity index is 494. The van der Waals surface area contributed by atoms with Crippen LogP contribution >= 0.6 is 11.3 Å². The molecule has 2 aromatic heterocycles. The normalized spacial score (nSPS) is 10.2. The number of aryl methyl sites for hydroxylation is 1. The molecule has 0 unspecified atom stereocenters. The van der Waals surface area contributed by atoms with E-state index in [-0.39, 0.29) is 5.69 Å². The number of aromatic carboxylic acids is 1. The van der Waals surface area contributed by atoms with Gasteiger partial charge >= 0.3 is 5.97 Å². The minimum absolute atomic E-state index is 0.00954. The molecule has 1 N–H and O–H groups in total. The van der Waals surface area contributed by atoms with Gasteiger partial charge in [-0.05, 0) is 30.0 Å². The quantitative estimate of drug-likeness (QED) is 0.842. The summed E-state index contributed by atoms with van der Waals surface area (Å²) in [6.07, 6.45) is 0. The average Bonchev–Trinajstić information content (AvgIpc) is 2.69. The van der Waals surface area contributed by atoms with Gasteiger partial charge in [-0.2, -0.15) is 0 Å². The van der Waals surface area contributed by atoms with Gasteiger partial charge < -0.3 is 5.11 Å². The lowest BCUT2D eigenvalue weighted by Crippen LogP contribution is -2.05. The van der Waals surface area contributed by atoms with Crippen LogP contribution in [0.3, 0.4) is 0 Å². The SMILES string of the molecule is Cc1cc(-c2cccs2)nnc1C(=O)O. The monoisotopic (exact) mass is 220 g/mol. The second kappa shape index (κ2) is 3.78. The summed E-state index contributed by atoms with van der Waals surface area (Å²) >= 11 is 1.55. The van der Waals surface area contributed by atoms with Gasteiger partial charge in [0.05, 0.1) is 4.88 Å². The van der Waals surface area contributed by atoms with E-state index in [2.05, 4.69) is 10.2 Å². The highest BCUT2D eigenvalue weighted by Crippen LogP contribution is 2.23. The summed E-state index contributed by atoms with van der Waals surface area (Å²) in [5, 5.41) is 18.3. The molecule has 0 spiro atoms. The first-order valence-electron chi connectivity index (χ1n) is 4.30. The van der Waals surface area contributed by atoms with Crippen LogP contribution in [0.4, 0.5) is 0 Å². The molecule has 2 aromatic rings. The highest BCUT2D eigenvalue weighted by Gasteiger charge is 2.11. The summed E-state index contributed by atoms with van der Waals surface area (Å²) in [6.45, 7) is 1.72. The lowest BCUT2D eigenvalue weighted by molar-refractivity contribution is 0.0688. The van der Waals surface area contributed by atoms with E-state index >= 15 is 0 Å². The predicted molar refractivity (Wildman–Crippen MR) is 57.0 cm³/mol. The molecule has 4 nitrogen and oxygen atoms in total. The van der Waals surface area contributed by atoms with Crippen LogP contribution in [0.2, 0.25) is 0 Å². The van der Waals surface area contributed by atoms with Crippen molar-refractivity contribution in [2.75, 3.05) is 0 Å². The van der Waals surface area contributed by atoms with Crippen molar-refractivity contribution in [2.45, 2.75) is 6.92 Å². The summed E-state index contributed by atoms with van der Waals surface area (Å²) in [5.41, 5.74) is 1.35. The van der Waals surface area contributed by atoms with Crippen molar-refractivity contribution in [3.05, 3.63) is 34.8 Å². The molecule has 5 heteroatoms. The topological polar surface area (TPSA) is 63.1 Å². The van der Waals surface area contributed by atoms with Gasteiger partial charge in [0, 0.05) is 0 Å². The molecule has 0 saturated heterocycles. The zero-order valence-corrected chi connectivity index (χ0v) is 8.78. The van der Waals surface area contributed by atoms with Crippen LogP contribution in [0.1, 0.15) is 16.1 Å². The van der Waals surface area contributed by atoms with Crippen LogP contribution in [0.25, 0.3) is 10.6 Å². The van der Waals surface area contributed by atoms with Gasteiger partial charge in [0.1, 0.15) is 5.69 Å². The van der Waals surface area contributed by atoms with E-state index in [0.29, 0.717) is 11.3 Å². The number of hydrogen-bond acceptors (Lipinski definition) is 4. The van der Waals surface area contributed by atoms with E-state index in [9.17, 15) is 4.79 Å². The fourth-order valence-corrected chi connectivity index (χ4v) is 1.92. The maximum Gasteiger partial charge on any atom is 0.356 e. The third-order valence-electron chi connectivity index (χ3n) is 1.96. The number of thiophene rings is 1. The predicted octanol–water partition coefficient (Wildman–Crippen LogP) is 2.21. The smallest absolute Gasteiger partial charge is 0.356 e. The molecular formula is C10H8N2O2S. The van der Waals surface area contributed by atoms with Gasteiger partial charge in [0.2, 0.25) is 0 Å². The van der Waals surface area contributed by atoms with Crippen molar-refractivity contribution < 1.29 is 9.90 Å². The molecule has 76 valence electrons. The lowest BCUT2D eigenvalue weighted by Gasteiger charge is -2.00. The summed E-state index contributed by atoms with van der Waals surface area (Å²) < 4.78 is 0. The van der Waals surface area contributed by atoms with E-state index in [1.165, 1.54) is 0 Å². The highest BCUT2D eigenvalue weighted by atomic mass is 32.1. The van der Waals surface area contributed by atoms with Crippen molar-refractivity contribution in [2.24, 2.45) is 0 Å². The largest absolute Gasteiger partial charge is 0.476 e. The second-order valence-corrected chi connectivity index (χ2v) is 3.99. The number of aromatic nitrogens is 2. The Kier molecular flexibility index (Phi) is 2.47. The van der Waals surface area contributed by atoms with Crippen molar-refractivity contribution >= 4 is 17.3 Å². The number of carbonyl (C=O) groups is 1. The van der Waals surface area contributed by atoms with E-state index in [4.69, 9.17) is 5.11 Å². The molecule has 0 aliphatic heterocycles. The summed E-state index contributed by atoms with van der Waals surface area (Å²) in [5.74, 6) is -1.04. The number of carboxylic acids is 1. The van der Waals surface area contributed by atoms with Gasteiger partial charge in [-0.25, -0.2) is 4.79 Å². The van der Waals surface area contributed by atoms with E-state index in [0.717, 1.165) is 4.88 Å². The highest BCUT2D eigenvalue weighted by molar-refractivity contribution is 7.13. The molecule has 15 heavy (non-hydrogen) atoms. The minimum atomic E-state index is -1.04. The van der Waals surface area contributed by atoms with Crippen LogP contribution in [-0.2, 0) is 0 Å². The fraction of sp³-hybridized carbons (Fsp3) is 0.100. The minimum Gasteiger partial charge on any atom is -0.476 e. The lowest BCUT2D eigenvalue weighted by atomic mass is 10.2. The molecule has 0 saturated carbocycles. The number of carboxylic acid groups (broad SMARTS) is 1. The molecule has 2 heterocycles. The van der Waals surface area contributed by atoms with Gasteiger partial charge in [0.15, 0.2) is 5.69 Å².